The zero-order valence-corrected chi connectivity index (χ0v) is 16.0. The highest BCUT2D eigenvalue weighted by Crippen LogP contribution is 2.43. The maximum Gasteiger partial charge on any atom is 0.108 e. The van der Waals surface area contributed by atoms with Crippen LogP contribution in [-0.4, -0.2) is 50.6 Å². The number of hydrogen-bond donors (Lipinski definition) is 4. The van der Waals surface area contributed by atoms with Crippen molar-refractivity contribution in [2.75, 3.05) is 6.61 Å². The van der Waals surface area contributed by atoms with Crippen LogP contribution in [0, 0.1) is 6.92 Å². The van der Waals surface area contributed by atoms with Gasteiger partial charge in [0.05, 0.1) is 29.3 Å². The van der Waals surface area contributed by atoms with Gasteiger partial charge in [0.2, 0.25) is 0 Å². The molecule has 0 bridgehead atoms. The smallest absolute Gasteiger partial charge is 0.108 e. The second kappa shape index (κ2) is 8.30. The van der Waals surface area contributed by atoms with E-state index < -0.39 is 28.8 Å². The normalized spacial score (nSPS) is 28.9. The summed E-state index contributed by atoms with van der Waals surface area (Å²) in [6.07, 6.45) is -2.91. The SMILES string of the molecule is Cc1ccc(Cc2cc([C@@H]3SC(CO)[C@@H](O)[C@H](O)[C@H]3O)ccc2Cl)cc1. The predicted molar refractivity (Wildman–Crippen MR) is 105 cm³/mol. The summed E-state index contributed by atoms with van der Waals surface area (Å²) in [7, 11) is 0. The molecule has 4 nitrogen and oxygen atoms in total. The summed E-state index contributed by atoms with van der Waals surface area (Å²) in [4.78, 5) is 0. The molecule has 2 aromatic rings. The Labute approximate surface area is 162 Å². The first-order chi connectivity index (χ1) is 12.4. The van der Waals surface area contributed by atoms with Crippen LogP contribution in [0.1, 0.15) is 27.5 Å². The molecule has 4 N–H and O–H groups in total. The minimum absolute atomic E-state index is 0.268. The molecule has 0 spiro atoms. The highest BCUT2D eigenvalue weighted by Gasteiger charge is 2.43. The number of benzene rings is 2. The molecule has 2 aromatic carbocycles. The van der Waals surface area contributed by atoms with Crippen molar-refractivity contribution in [1.82, 2.24) is 0 Å². The van der Waals surface area contributed by atoms with E-state index in [4.69, 9.17) is 11.6 Å². The minimum Gasteiger partial charge on any atom is -0.395 e. The molecule has 1 saturated heterocycles. The van der Waals surface area contributed by atoms with Crippen LogP contribution in [0.5, 0.6) is 0 Å². The maximum atomic E-state index is 10.4. The zero-order valence-electron chi connectivity index (χ0n) is 14.4. The van der Waals surface area contributed by atoms with Crippen LogP contribution < -0.4 is 0 Å². The van der Waals surface area contributed by atoms with E-state index in [-0.39, 0.29) is 6.61 Å². The van der Waals surface area contributed by atoms with E-state index >= 15 is 0 Å². The van der Waals surface area contributed by atoms with E-state index in [9.17, 15) is 20.4 Å². The Hall–Kier alpha value is -1.08. The highest BCUT2D eigenvalue weighted by molar-refractivity contribution is 8.00. The summed E-state index contributed by atoms with van der Waals surface area (Å²) in [5.74, 6) is 0. The van der Waals surface area contributed by atoms with Crippen LogP contribution in [0.2, 0.25) is 5.02 Å². The summed E-state index contributed by atoms with van der Waals surface area (Å²) < 4.78 is 0. The topological polar surface area (TPSA) is 80.9 Å². The minimum atomic E-state index is -1.30. The Morgan fingerprint density at radius 2 is 1.65 bits per heavy atom. The van der Waals surface area contributed by atoms with Crippen LogP contribution in [0.15, 0.2) is 42.5 Å². The molecule has 140 valence electrons. The van der Waals surface area contributed by atoms with Gasteiger partial charge in [-0.05, 0) is 36.1 Å². The van der Waals surface area contributed by atoms with Gasteiger partial charge in [-0.3, -0.25) is 0 Å². The summed E-state index contributed by atoms with van der Waals surface area (Å²) in [5.41, 5.74) is 4.08. The van der Waals surface area contributed by atoms with Gasteiger partial charge in [-0.15, -0.1) is 11.8 Å². The summed E-state index contributed by atoms with van der Waals surface area (Å²) >= 11 is 7.64. The first kappa shape index (κ1) is 19.7. The van der Waals surface area contributed by atoms with Crippen molar-refractivity contribution in [1.29, 1.82) is 0 Å². The number of aliphatic hydroxyl groups excluding tert-OH is 4. The molecule has 26 heavy (non-hydrogen) atoms. The fraction of sp³-hybridized carbons (Fsp3) is 0.400. The number of hydrogen-bond acceptors (Lipinski definition) is 5. The number of thioether (sulfide) groups is 1. The Morgan fingerprint density at radius 3 is 2.31 bits per heavy atom. The summed E-state index contributed by atoms with van der Waals surface area (Å²) in [5, 5.41) is 39.6. The van der Waals surface area contributed by atoms with Gasteiger partial charge >= 0.3 is 0 Å². The Bertz CT molecular complexity index is 750. The summed E-state index contributed by atoms with van der Waals surface area (Å²) in [6.45, 7) is 1.77. The van der Waals surface area contributed by atoms with E-state index in [1.165, 1.54) is 17.3 Å². The van der Waals surface area contributed by atoms with Gasteiger partial charge in [0, 0.05) is 5.02 Å². The first-order valence-corrected chi connectivity index (χ1v) is 9.87. The van der Waals surface area contributed by atoms with E-state index in [0.29, 0.717) is 11.4 Å². The number of halogens is 1. The van der Waals surface area contributed by atoms with Crippen LogP contribution in [0.3, 0.4) is 0 Å². The third-order valence-electron chi connectivity index (χ3n) is 4.81. The average molecular weight is 395 g/mol. The van der Waals surface area contributed by atoms with E-state index in [1.54, 1.807) is 6.07 Å². The van der Waals surface area contributed by atoms with Gasteiger partial charge in [0.25, 0.3) is 0 Å². The quantitative estimate of drug-likeness (QED) is 0.640. The van der Waals surface area contributed by atoms with Crippen LogP contribution >= 0.6 is 23.4 Å². The molecule has 1 aliphatic rings. The van der Waals surface area contributed by atoms with Crippen molar-refractivity contribution in [3.8, 4) is 0 Å². The van der Waals surface area contributed by atoms with Crippen molar-refractivity contribution in [2.45, 2.75) is 42.2 Å². The first-order valence-electron chi connectivity index (χ1n) is 8.55. The Kier molecular flexibility index (Phi) is 6.28. The molecule has 0 amide bonds. The molecule has 1 unspecified atom stereocenters. The predicted octanol–water partition coefficient (Wildman–Crippen LogP) is 2.47. The fourth-order valence-corrected chi connectivity index (χ4v) is 4.80. The van der Waals surface area contributed by atoms with Crippen LogP contribution in [-0.2, 0) is 6.42 Å². The lowest BCUT2D eigenvalue weighted by Gasteiger charge is -2.39. The molecule has 0 aliphatic carbocycles. The molecule has 1 heterocycles. The van der Waals surface area contributed by atoms with Crippen molar-refractivity contribution in [2.24, 2.45) is 0 Å². The molecule has 0 aromatic heterocycles. The van der Waals surface area contributed by atoms with Crippen molar-refractivity contribution in [3.05, 3.63) is 69.7 Å². The Balaban J connectivity index is 1.87. The highest BCUT2D eigenvalue weighted by atomic mass is 35.5. The molecular weight excluding hydrogens is 372 g/mol. The van der Waals surface area contributed by atoms with Crippen molar-refractivity contribution >= 4 is 23.4 Å². The lowest BCUT2D eigenvalue weighted by atomic mass is 9.95. The number of rotatable bonds is 4. The summed E-state index contributed by atoms with van der Waals surface area (Å²) in [6, 6.07) is 13.8. The van der Waals surface area contributed by atoms with Gasteiger partial charge in [-0.25, -0.2) is 0 Å². The molecule has 1 aliphatic heterocycles. The van der Waals surface area contributed by atoms with Gasteiger partial charge in [0.15, 0.2) is 0 Å². The lowest BCUT2D eigenvalue weighted by molar-refractivity contribution is -0.0700. The zero-order chi connectivity index (χ0) is 18.8. The van der Waals surface area contributed by atoms with Gasteiger partial charge in [0.1, 0.15) is 6.10 Å². The van der Waals surface area contributed by atoms with Crippen molar-refractivity contribution in [3.63, 3.8) is 0 Å². The lowest BCUT2D eigenvalue weighted by Crippen LogP contribution is -2.51. The van der Waals surface area contributed by atoms with Gasteiger partial charge in [-0.1, -0.05) is 53.6 Å². The third kappa shape index (κ3) is 4.09. The molecule has 1 fully saturated rings. The third-order valence-corrected chi connectivity index (χ3v) is 6.80. The number of aliphatic hydroxyl groups is 4. The molecule has 0 radical (unpaired) electrons. The standard InChI is InChI=1S/C20H23ClO4S/c1-11-2-4-12(5-3-11)8-14-9-13(6-7-15(14)21)20-19(25)18(24)17(23)16(10-22)26-20/h2-7,9,16-20,22-25H,8,10H2,1H3/t16?,17-,18+,19-,20+/m1/s1. The molecule has 6 heteroatoms. The molecule has 5 atom stereocenters. The monoisotopic (exact) mass is 394 g/mol. The maximum absolute atomic E-state index is 10.4. The van der Waals surface area contributed by atoms with E-state index in [2.05, 4.69) is 24.3 Å². The average Bonchev–Trinajstić information content (AvgIpc) is 2.64. The second-order valence-corrected chi connectivity index (χ2v) is 8.56. The molecule has 3 rings (SSSR count). The van der Waals surface area contributed by atoms with Gasteiger partial charge < -0.3 is 20.4 Å². The van der Waals surface area contributed by atoms with Crippen LogP contribution in [0.25, 0.3) is 0 Å². The fourth-order valence-electron chi connectivity index (χ4n) is 3.21. The van der Waals surface area contributed by atoms with Gasteiger partial charge in [-0.2, -0.15) is 0 Å². The van der Waals surface area contributed by atoms with Crippen molar-refractivity contribution < 1.29 is 20.4 Å². The molecular formula is C20H23ClO4S. The number of aryl methyl sites for hydroxylation is 1. The largest absolute Gasteiger partial charge is 0.395 e. The van der Waals surface area contributed by atoms with Crippen LogP contribution in [0.4, 0.5) is 0 Å². The van der Waals surface area contributed by atoms with E-state index in [0.717, 1.165) is 16.7 Å². The molecule has 0 saturated carbocycles. The van der Waals surface area contributed by atoms with E-state index in [1.807, 2.05) is 19.1 Å². The second-order valence-electron chi connectivity index (χ2n) is 6.76. The Morgan fingerprint density at radius 1 is 0.962 bits per heavy atom.